The number of halogens is 1. The van der Waals surface area contributed by atoms with E-state index in [4.69, 9.17) is 21.7 Å². The van der Waals surface area contributed by atoms with Gasteiger partial charge >= 0.3 is 0 Å². The van der Waals surface area contributed by atoms with Crippen molar-refractivity contribution in [2.45, 2.75) is 13.5 Å². The Kier molecular flexibility index (Phi) is 7.78. The summed E-state index contributed by atoms with van der Waals surface area (Å²) in [6.07, 6.45) is 1.49. The number of thiocarbonyl (C=S) groups is 1. The van der Waals surface area contributed by atoms with Crippen LogP contribution in [0.4, 0.5) is 5.69 Å². The number of amides is 2. The fourth-order valence-corrected chi connectivity index (χ4v) is 4.25. The molecule has 1 N–H and O–H groups in total. The summed E-state index contributed by atoms with van der Waals surface area (Å²) in [6, 6.07) is 21.5. The van der Waals surface area contributed by atoms with Crippen LogP contribution in [0.3, 0.4) is 0 Å². The van der Waals surface area contributed by atoms with Crippen LogP contribution < -0.4 is 19.7 Å². The molecule has 0 unspecified atom stereocenters. The highest BCUT2D eigenvalue weighted by atomic mass is 79.9. The molecule has 9 heteroatoms. The Labute approximate surface area is 222 Å². The molecular formula is C27H20BrN3O4S. The first kappa shape index (κ1) is 25.1. The maximum absolute atomic E-state index is 13.3. The summed E-state index contributed by atoms with van der Waals surface area (Å²) in [7, 11) is 0. The van der Waals surface area contributed by atoms with E-state index in [9.17, 15) is 14.9 Å². The molecular weight excluding hydrogens is 542 g/mol. The van der Waals surface area contributed by atoms with Crippen molar-refractivity contribution in [3.63, 3.8) is 0 Å². The van der Waals surface area contributed by atoms with Crippen molar-refractivity contribution in [1.82, 2.24) is 5.32 Å². The van der Waals surface area contributed by atoms with E-state index in [0.717, 1.165) is 10.0 Å². The van der Waals surface area contributed by atoms with Gasteiger partial charge in [-0.3, -0.25) is 19.8 Å². The summed E-state index contributed by atoms with van der Waals surface area (Å²) in [6.45, 7) is 2.41. The normalized spacial score (nSPS) is 14.4. The molecule has 1 heterocycles. The SMILES string of the molecule is CCOc1cc(/C=C2\C(=O)NC(=S)N(c3cccc(Br)c3)C2=O)ccc1OCc1ccccc1C#N. The molecule has 180 valence electrons. The zero-order valence-corrected chi connectivity index (χ0v) is 21.6. The third-order valence-electron chi connectivity index (χ3n) is 5.27. The van der Waals surface area contributed by atoms with Crippen LogP contribution in [-0.4, -0.2) is 23.5 Å². The molecule has 1 aliphatic heterocycles. The van der Waals surface area contributed by atoms with Crippen molar-refractivity contribution in [3.05, 3.63) is 93.5 Å². The molecule has 0 atom stereocenters. The van der Waals surface area contributed by atoms with Gasteiger partial charge in [-0.25, -0.2) is 0 Å². The molecule has 3 aromatic rings. The number of nitrogens with one attached hydrogen (secondary N) is 1. The van der Waals surface area contributed by atoms with Crippen molar-refractivity contribution in [2.24, 2.45) is 0 Å². The van der Waals surface area contributed by atoms with Gasteiger partial charge in [-0.05, 0) is 67.2 Å². The lowest BCUT2D eigenvalue weighted by Gasteiger charge is -2.29. The maximum Gasteiger partial charge on any atom is 0.270 e. The van der Waals surface area contributed by atoms with Crippen molar-refractivity contribution in [3.8, 4) is 17.6 Å². The number of carbonyl (C=O) groups is 2. The van der Waals surface area contributed by atoms with Crippen LogP contribution in [0.2, 0.25) is 0 Å². The molecule has 0 bridgehead atoms. The van der Waals surface area contributed by atoms with E-state index in [1.54, 1.807) is 48.5 Å². The smallest absolute Gasteiger partial charge is 0.270 e. The van der Waals surface area contributed by atoms with Crippen LogP contribution in [0.5, 0.6) is 11.5 Å². The number of carbonyl (C=O) groups excluding carboxylic acids is 2. The third kappa shape index (κ3) is 5.46. The predicted octanol–water partition coefficient (Wildman–Crippen LogP) is 5.13. The van der Waals surface area contributed by atoms with Gasteiger partial charge in [-0.2, -0.15) is 5.26 Å². The van der Waals surface area contributed by atoms with E-state index in [-0.39, 0.29) is 17.3 Å². The number of hydrogen-bond donors (Lipinski definition) is 1. The zero-order valence-electron chi connectivity index (χ0n) is 19.2. The molecule has 0 spiro atoms. The van der Waals surface area contributed by atoms with Crippen LogP contribution in [0.1, 0.15) is 23.6 Å². The molecule has 0 radical (unpaired) electrons. The molecule has 0 aromatic heterocycles. The van der Waals surface area contributed by atoms with Gasteiger partial charge in [0.05, 0.1) is 23.9 Å². The monoisotopic (exact) mass is 561 g/mol. The fourth-order valence-electron chi connectivity index (χ4n) is 3.59. The van der Waals surface area contributed by atoms with E-state index in [0.29, 0.717) is 34.9 Å². The highest BCUT2D eigenvalue weighted by molar-refractivity contribution is 9.10. The quantitative estimate of drug-likeness (QED) is 0.244. The molecule has 36 heavy (non-hydrogen) atoms. The number of anilines is 1. The zero-order chi connectivity index (χ0) is 25.7. The molecule has 7 nitrogen and oxygen atoms in total. The first-order chi connectivity index (χ1) is 17.4. The summed E-state index contributed by atoms with van der Waals surface area (Å²) in [5.74, 6) is -0.191. The number of ether oxygens (including phenoxy) is 2. The van der Waals surface area contributed by atoms with Crippen molar-refractivity contribution < 1.29 is 19.1 Å². The van der Waals surface area contributed by atoms with Crippen molar-refractivity contribution >= 4 is 56.8 Å². The number of hydrogen-bond acceptors (Lipinski definition) is 6. The minimum absolute atomic E-state index is 0.0108. The molecule has 1 saturated heterocycles. The van der Waals surface area contributed by atoms with E-state index in [1.165, 1.54) is 11.0 Å². The van der Waals surface area contributed by atoms with Crippen LogP contribution >= 0.6 is 28.1 Å². The minimum atomic E-state index is -0.581. The van der Waals surface area contributed by atoms with E-state index < -0.39 is 11.8 Å². The summed E-state index contributed by atoms with van der Waals surface area (Å²) in [4.78, 5) is 27.2. The van der Waals surface area contributed by atoms with E-state index in [1.807, 2.05) is 25.1 Å². The molecule has 1 fully saturated rings. The summed E-state index contributed by atoms with van der Waals surface area (Å²) in [5, 5.41) is 11.9. The Balaban J connectivity index is 1.62. The Morgan fingerprint density at radius 3 is 2.61 bits per heavy atom. The van der Waals surface area contributed by atoms with E-state index >= 15 is 0 Å². The Morgan fingerprint density at radius 1 is 1.06 bits per heavy atom. The Hall–Kier alpha value is -4.00. The topological polar surface area (TPSA) is 91.7 Å². The fraction of sp³-hybridized carbons (Fsp3) is 0.111. The second-order valence-corrected chi connectivity index (χ2v) is 8.94. The second kappa shape index (κ2) is 11.2. The summed E-state index contributed by atoms with van der Waals surface area (Å²) < 4.78 is 12.4. The summed E-state index contributed by atoms with van der Waals surface area (Å²) >= 11 is 8.65. The van der Waals surface area contributed by atoms with Gasteiger partial charge in [0.1, 0.15) is 12.2 Å². The van der Waals surface area contributed by atoms with Gasteiger partial charge in [0, 0.05) is 10.0 Å². The first-order valence-electron chi connectivity index (χ1n) is 11.0. The Bertz CT molecular complexity index is 1430. The van der Waals surface area contributed by atoms with Gasteiger partial charge in [-0.1, -0.05) is 46.3 Å². The van der Waals surface area contributed by atoms with Crippen molar-refractivity contribution in [2.75, 3.05) is 11.5 Å². The lowest BCUT2D eigenvalue weighted by atomic mass is 10.1. The van der Waals surface area contributed by atoms with Gasteiger partial charge < -0.3 is 9.47 Å². The molecule has 2 amide bonds. The maximum atomic E-state index is 13.3. The predicted molar refractivity (Wildman–Crippen MR) is 143 cm³/mol. The number of benzene rings is 3. The van der Waals surface area contributed by atoms with Gasteiger partial charge in [-0.15, -0.1) is 0 Å². The average Bonchev–Trinajstić information content (AvgIpc) is 2.86. The Morgan fingerprint density at radius 2 is 1.86 bits per heavy atom. The number of nitriles is 1. The van der Waals surface area contributed by atoms with E-state index in [2.05, 4.69) is 27.3 Å². The number of rotatable bonds is 7. The minimum Gasteiger partial charge on any atom is -0.490 e. The molecule has 1 aliphatic rings. The van der Waals surface area contributed by atoms with Gasteiger partial charge in [0.25, 0.3) is 11.8 Å². The highest BCUT2D eigenvalue weighted by Gasteiger charge is 2.34. The van der Waals surface area contributed by atoms with Crippen LogP contribution in [0.25, 0.3) is 6.08 Å². The van der Waals surface area contributed by atoms with Crippen LogP contribution in [0.15, 0.2) is 76.8 Å². The number of nitrogens with zero attached hydrogens (tertiary/aromatic N) is 2. The van der Waals surface area contributed by atoms with Gasteiger partial charge in [0.2, 0.25) is 0 Å². The van der Waals surface area contributed by atoms with Crippen molar-refractivity contribution in [1.29, 1.82) is 5.26 Å². The molecule has 0 aliphatic carbocycles. The van der Waals surface area contributed by atoms with Crippen LogP contribution in [0, 0.1) is 11.3 Å². The first-order valence-corrected chi connectivity index (χ1v) is 12.2. The lowest BCUT2D eigenvalue weighted by molar-refractivity contribution is -0.122. The van der Waals surface area contributed by atoms with Crippen LogP contribution in [-0.2, 0) is 16.2 Å². The molecule has 3 aromatic carbocycles. The highest BCUT2D eigenvalue weighted by Crippen LogP contribution is 2.31. The van der Waals surface area contributed by atoms with Gasteiger partial charge in [0.15, 0.2) is 16.6 Å². The largest absolute Gasteiger partial charge is 0.490 e. The lowest BCUT2D eigenvalue weighted by Crippen LogP contribution is -2.54. The third-order valence-corrected chi connectivity index (χ3v) is 6.05. The second-order valence-electron chi connectivity index (χ2n) is 7.63. The average molecular weight is 562 g/mol. The molecule has 0 saturated carbocycles. The molecule has 4 rings (SSSR count). The standard InChI is InChI=1S/C27H20BrN3O4S/c1-2-34-24-13-17(10-11-23(24)35-16-19-7-4-3-6-18(19)15-29)12-22-25(32)30-27(36)31(26(22)33)21-9-5-8-20(28)14-21/h3-14H,2,16H2,1H3,(H,30,32,36)/b22-12+. The summed E-state index contributed by atoms with van der Waals surface area (Å²) in [5.41, 5.74) is 2.32.